The van der Waals surface area contributed by atoms with E-state index in [0.29, 0.717) is 6.61 Å². The molecule has 1 heterocycles. The molecule has 2 heteroatoms. The summed E-state index contributed by atoms with van der Waals surface area (Å²) in [6, 6.07) is 16.7. The van der Waals surface area contributed by atoms with Crippen molar-refractivity contribution in [1.29, 1.82) is 0 Å². The second-order valence-electron chi connectivity index (χ2n) is 4.63. The van der Waals surface area contributed by atoms with Crippen molar-refractivity contribution in [3.8, 4) is 5.75 Å². The van der Waals surface area contributed by atoms with Gasteiger partial charge in [0.25, 0.3) is 0 Å². The third-order valence-corrected chi connectivity index (χ3v) is 3.31. The maximum atomic E-state index is 5.83. The molecule has 1 aliphatic heterocycles. The zero-order valence-corrected chi connectivity index (χ0v) is 10.4. The summed E-state index contributed by atoms with van der Waals surface area (Å²) in [6.45, 7) is 2.67. The number of nitrogens with one attached hydrogen (secondary N) is 1. The van der Waals surface area contributed by atoms with E-state index in [1.165, 1.54) is 16.7 Å². The van der Waals surface area contributed by atoms with E-state index in [1.807, 2.05) is 18.2 Å². The van der Waals surface area contributed by atoms with Gasteiger partial charge in [0.15, 0.2) is 0 Å². The lowest BCUT2D eigenvalue weighted by molar-refractivity contribution is 0.305. The molecule has 0 fully saturated rings. The number of fused-ring (bicyclic) bond motifs is 1. The Kier molecular flexibility index (Phi) is 3.29. The molecule has 1 aliphatic rings. The summed E-state index contributed by atoms with van der Waals surface area (Å²) in [5.74, 6) is 0.960. The molecule has 3 rings (SSSR count). The van der Waals surface area contributed by atoms with E-state index in [2.05, 4.69) is 35.6 Å². The Labute approximate surface area is 108 Å². The predicted octanol–water partition coefficient (Wildman–Crippen LogP) is 2.91. The van der Waals surface area contributed by atoms with Gasteiger partial charge in [-0.2, -0.15) is 0 Å². The van der Waals surface area contributed by atoms with E-state index < -0.39 is 0 Å². The van der Waals surface area contributed by atoms with Crippen LogP contribution < -0.4 is 10.1 Å². The molecule has 0 atom stereocenters. The van der Waals surface area contributed by atoms with Crippen LogP contribution in [-0.2, 0) is 19.6 Å². The number of hydrogen-bond acceptors (Lipinski definition) is 2. The highest BCUT2D eigenvalue weighted by Crippen LogP contribution is 2.21. The lowest BCUT2D eigenvalue weighted by Gasteiger charge is -2.18. The smallest absolute Gasteiger partial charge is 0.120 e. The Morgan fingerprint density at radius 3 is 2.78 bits per heavy atom. The van der Waals surface area contributed by atoms with Crippen LogP contribution in [0.3, 0.4) is 0 Å². The maximum absolute atomic E-state index is 5.83. The van der Waals surface area contributed by atoms with Gasteiger partial charge in [-0.15, -0.1) is 0 Å². The topological polar surface area (TPSA) is 21.3 Å². The number of hydrogen-bond donors (Lipinski definition) is 1. The van der Waals surface area contributed by atoms with Gasteiger partial charge in [-0.05, 0) is 41.8 Å². The lowest BCUT2D eigenvalue weighted by Crippen LogP contribution is -2.23. The fraction of sp³-hybridized carbons (Fsp3) is 0.250. The van der Waals surface area contributed by atoms with Crippen molar-refractivity contribution >= 4 is 0 Å². The summed E-state index contributed by atoms with van der Waals surface area (Å²) < 4.78 is 5.83. The molecular formula is C16H17NO. The van der Waals surface area contributed by atoms with Gasteiger partial charge < -0.3 is 10.1 Å². The first-order valence-electron chi connectivity index (χ1n) is 6.41. The molecule has 92 valence electrons. The van der Waals surface area contributed by atoms with Gasteiger partial charge in [0.2, 0.25) is 0 Å². The fourth-order valence-electron chi connectivity index (χ4n) is 2.29. The molecule has 2 nitrogen and oxygen atoms in total. The Bertz CT molecular complexity index is 522. The van der Waals surface area contributed by atoms with Crippen LogP contribution in [0.5, 0.6) is 5.75 Å². The van der Waals surface area contributed by atoms with E-state index >= 15 is 0 Å². The number of benzene rings is 2. The Balaban J connectivity index is 1.70. The van der Waals surface area contributed by atoms with Gasteiger partial charge in [-0.25, -0.2) is 0 Å². The van der Waals surface area contributed by atoms with Crippen LogP contribution in [-0.4, -0.2) is 6.54 Å². The van der Waals surface area contributed by atoms with Gasteiger partial charge in [0, 0.05) is 6.54 Å². The normalized spacial score (nSPS) is 14.0. The van der Waals surface area contributed by atoms with Gasteiger partial charge in [0.05, 0.1) is 0 Å². The third-order valence-electron chi connectivity index (χ3n) is 3.31. The van der Waals surface area contributed by atoms with Crippen molar-refractivity contribution in [3.05, 3.63) is 65.2 Å². The highest BCUT2D eigenvalue weighted by Gasteiger charge is 2.09. The largest absolute Gasteiger partial charge is 0.489 e. The van der Waals surface area contributed by atoms with E-state index in [-0.39, 0.29) is 0 Å². The molecule has 1 N–H and O–H groups in total. The lowest BCUT2D eigenvalue weighted by atomic mass is 10.0. The fourth-order valence-corrected chi connectivity index (χ4v) is 2.29. The number of ether oxygens (including phenoxy) is 1. The Morgan fingerprint density at radius 1 is 1.00 bits per heavy atom. The second-order valence-corrected chi connectivity index (χ2v) is 4.63. The summed E-state index contributed by atoms with van der Waals surface area (Å²) in [6.07, 6.45) is 1.12. The quantitative estimate of drug-likeness (QED) is 0.889. The third kappa shape index (κ3) is 2.54. The predicted molar refractivity (Wildman–Crippen MR) is 72.6 cm³/mol. The second kappa shape index (κ2) is 5.23. The molecule has 0 amide bonds. The molecule has 2 aromatic carbocycles. The van der Waals surface area contributed by atoms with Crippen molar-refractivity contribution in [2.75, 3.05) is 6.54 Å². The first-order valence-corrected chi connectivity index (χ1v) is 6.41. The van der Waals surface area contributed by atoms with Crippen molar-refractivity contribution < 1.29 is 4.74 Å². The molecule has 0 aromatic heterocycles. The zero-order valence-electron chi connectivity index (χ0n) is 10.4. The molecule has 0 saturated heterocycles. The van der Waals surface area contributed by atoms with E-state index in [0.717, 1.165) is 25.3 Å². The SMILES string of the molecule is c1ccc(COc2ccc3c(c2)CNCC3)cc1. The highest BCUT2D eigenvalue weighted by molar-refractivity contribution is 5.37. The minimum absolute atomic E-state index is 0.632. The maximum Gasteiger partial charge on any atom is 0.120 e. The molecule has 0 saturated carbocycles. The monoisotopic (exact) mass is 239 g/mol. The summed E-state index contributed by atoms with van der Waals surface area (Å²) >= 11 is 0. The minimum Gasteiger partial charge on any atom is -0.489 e. The molecule has 2 aromatic rings. The molecule has 0 bridgehead atoms. The molecule has 0 aliphatic carbocycles. The molecule has 18 heavy (non-hydrogen) atoms. The first-order chi connectivity index (χ1) is 8.92. The van der Waals surface area contributed by atoms with Crippen molar-refractivity contribution in [2.24, 2.45) is 0 Å². The molecule has 0 unspecified atom stereocenters. The Hall–Kier alpha value is -1.80. The van der Waals surface area contributed by atoms with E-state index in [4.69, 9.17) is 4.74 Å². The van der Waals surface area contributed by atoms with Crippen LogP contribution in [0, 0.1) is 0 Å². The van der Waals surface area contributed by atoms with Gasteiger partial charge in [-0.3, -0.25) is 0 Å². The van der Waals surface area contributed by atoms with Gasteiger partial charge in [-0.1, -0.05) is 36.4 Å². The van der Waals surface area contributed by atoms with Crippen LogP contribution in [0.1, 0.15) is 16.7 Å². The van der Waals surface area contributed by atoms with Crippen LogP contribution in [0.15, 0.2) is 48.5 Å². The standard InChI is InChI=1S/C16H17NO/c1-2-4-13(5-3-1)12-18-16-7-6-14-8-9-17-11-15(14)10-16/h1-7,10,17H,8-9,11-12H2. The van der Waals surface area contributed by atoms with Crippen LogP contribution in [0.2, 0.25) is 0 Å². The summed E-state index contributed by atoms with van der Waals surface area (Å²) in [5, 5.41) is 3.39. The molecule has 0 radical (unpaired) electrons. The van der Waals surface area contributed by atoms with Gasteiger partial charge in [0.1, 0.15) is 12.4 Å². The number of rotatable bonds is 3. The zero-order chi connectivity index (χ0) is 12.2. The highest BCUT2D eigenvalue weighted by atomic mass is 16.5. The van der Waals surface area contributed by atoms with Gasteiger partial charge >= 0.3 is 0 Å². The average Bonchev–Trinajstić information content (AvgIpc) is 2.46. The molecule has 0 spiro atoms. The minimum atomic E-state index is 0.632. The molecular weight excluding hydrogens is 222 g/mol. The summed E-state index contributed by atoms with van der Waals surface area (Å²) in [5.41, 5.74) is 4.01. The first kappa shape index (κ1) is 11.3. The Morgan fingerprint density at radius 2 is 1.89 bits per heavy atom. The van der Waals surface area contributed by atoms with Crippen LogP contribution in [0.25, 0.3) is 0 Å². The van der Waals surface area contributed by atoms with E-state index in [1.54, 1.807) is 0 Å². The van der Waals surface area contributed by atoms with Crippen LogP contribution in [0.4, 0.5) is 0 Å². The van der Waals surface area contributed by atoms with Crippen molar-refractivity contribution in [1.82, 2.24) is 5.32 Å². The van der Waals surface area contributed by atoms with Crippen LogP contribution >= 0.6 is 0 Å². The van der Waals surface area contributed by atoms with Crippen molar-refractivity contribution in [3.63, 3.8) is 0 Å². The summed E-state index contributed by atoms with van der Waals surface area (Å²) in [7, 11) is 0. The van der Waals surface area contributed by atoms with E-state index in [9.17, 15) is 0 Å². The average molecular weight is 239 g/mol. The summed E-state index contributed by atoms with van der Waals surface area (Å²) in [4.78, 5) is 0. The van der Waals surface area contributed by atoms with Crippen molar-refractivity contribution in [2.45, 2.75) is 19.6 Å².